The molecular formula is C18H36N2. The maximum Gasteiger partial charge on any atom is 0.0130 e. The summed E-state index contributed by atoms with van der Waals surface area (Å²) >= 11 is 0. The quantitative estimate of drug-likeness (QED) is 0.679. The van der Waals surface area contributed by atoms with Crippen molar-refractivity contribution in [3.05, 3.63) is 0 Å². The molecule has 3 aliphatic rings. The van der Waals surface area contributed by atoms with Crippen LogP contribution in [0.1, 0.15) is 89.9 Å². The molecule has 1 N–H and O–H groups in total. The molecule has 3 rings (SSSR count). The first kappa shape index (κ1) is 16.3. The summed E-state index contributed by atoms with van der Waals surface area (Å²) < 4.78 is 0. The normalized spacial score (nSPS) is 32.4. The molecule has 3 heterocycles. The number of hydrogen-bond donors (Lipinski definition) is 1. The minimum atomic E-state index is 1.05. The van der Waals surface area contributed by atoms with Crippen molar-refractivity contribution in [3.63, 3.8) is 0 Å². The van der Waals surface area contributed by atoms with Crippen LogP contribution in [0.5, 0.6) is 0 Å². The number of hydrogen-bond acceptors (Lipinski definition) is 2. The van der Waals surface area contributed by atoms with E-state index in [-0.39, 0.29) is 0 Å². The van der Waals surface area contributed by atoms with Gasteiger partial charge in [-0.15, -0.1) is 0 Å². The Morgan fingerprint density at radius 1 is 0.550 bits per heavy atom. The van der Waals surface area contributed by atoms with E-state index in [1.807, 2.05) is 0 Å². The van der Waals surface area contributed by atoms with Crippen molar-refractivity contribution in [2.75, 3.05) is 19.6 Å². The third kappa shape index (κ3) is 7.08. The van der Waals surface area contributed by atoms with Gasteiger partial charge < -0.3 is 0 Å². The monoisotopic (exact) mass is 280 g/mol. The molecule has 3 aliphatic heterocycles. The van der Waals surface area contributed by atoms with Crippen LogP contribution in [0.4, 0.5) is 0 Å². The Bertz CT molecular complexity index is 188. The van der Waals surface area contributed by atoms with E-state index in [0.29, 0.717) is 0 Å². The van der Waals surface area contributed by atoms with Crippen LogP contribution in [-0.2, 0) is 0 Å². The molecular weight excluding hydrogens is 244 g/mol. The summed E-state index contributed by atoms with van der Waals surface area (Å²) in [6.45, 7) is 3.73. The Morgan fingerprint density at radius 2 is 1.05 bits per heavy atom. The van der Waals surface area contributed by atoms with Gasteiger partial charge in [0.05, 0.1) is 0 Å². The van der Waals surface area contributed by atoms with E-state index in [0.717, 1.165) is 5.92 Å². The Balaban J connectivity index is 1.88. The standard InChI is InChI=1S/C18H36N2/c1-2-6-12-18-13-7-4-10-16-20(19-15-9-3-1)17-11-5-8-14-18/h18-19H,1-17H2. The predicted molar refractivity (Wildman–Crippen MR) is 87.7 cm³/mol. The number of nitrogens with one attached hydrogen (secondary N) is 1. The van der Waals surface area contributed by atoms with Crippen molar-refractivity contribution in [2.45, 2.75) is 89.9 Å². The Morgan fingerprint density at radius 3 is 1.70 bits per heavy atom. The SMILES string of the molecule is C1CCCNN2CCCCCC(CCC1)CCCCC2. The maximum atomic E-state index is 3.69. The van der Waals surface area contributed by atoms with Gasteiger partial charge in [-0.05, 0) is 25.2 Å². The number of nitrogens with zero attached hydrogens (tertiary/aromatic N) is 1. The lowest BCUT2D eigenvalue weighted by Gasteiger charge is -2.24. The van der Waals surface area contributed by atoms with E-state index >= 15 is 0 Å². The van der Waals surface area contributed by atoms with E-state index in [4.69, 9.17) is 0 Å². The molecule has 20 heavy (non-hydrogen) atoms. The smallest absolute Gasteiger partial charge is 0.0130 e. The molecule has 118 valence electrons. The molecule has 0 radical (unpaired) electrons. The van der Waals surface area contributed by atoms with Crippen molar-refractivity contribution in [1.82, 2.24) is 10.4 Å². The first-order valence-electron chi connectivity index (χ1n) is 9.43. The van der Waals surface area contributed by atoms with Gasteiger partial charge in [-0.2, -0.15) is 0 Å². The van der Waals surface area contributed by atoms with E-state index < -0.39 is 0 Å². The lowest BCUT2D eigenvalue weighted by Crippen LogP contribution is -2.40. The number of rotatable bonds is 0. The van der Waals surface area contributed by atoms with Crippen molar-refractivity contribution < 1.29 is 0 Å². The highest BCUT2D eigenvalue weighted by atomic mass is 15.5. The number of hydrazine groups is 1. The van der Waals surface area contributed by atoms with Crippen molar-refractivity contribution in [3.8, 4) is 0 Å². The van der Waals surface area contributed by atoms with Gasteiger partial charge in [0, 0.05) is 19.6 Å². The molecule has 0 amide bonds. The van der Waals surface area contributed by atoms with Gasteiger partial charge in [-0.25, -0.2) is 5.01 Å². The fraction of sp³-hybridized carbons (Fsp3) is 1.00. The zero-order valence-electron chi connectivity index (χ0n) is 13.5. The summed E-state index contributed by atoms with van der Waals surface area (Å²) in [5.41, 5.74) is 3.69. The van der Waals surface area contributed by atoms with E-state index in [9.17, 15) is 0 Å². The first-order valence-corrected chi connectivity index (χ1v) is 9.43. The van der Waals surface area contributed by atoms with Gasteiger partial charge in [-0.1, -0.05) is 70.6 Å². The Labute approximate surface area is 126 Å². The van der Waals surface area contributed by atoms with Gasteiger partial charge in [0.15, 0.2) is 0 Å². The third-order valence-corrected chi connectivity index (χ3v) is 5.21. The molecule has 2 bridgehead atoms. The molecule has 0 aromatic heterocycles. The molecule has 0 spiro atoms. The average Bonchev–Trinajstić information content (AvgIpc) is 2.46. The zero-order valence-corrected chi connectivity index (χ0v) is 13.5. The highest BCUT2D eigenvalue weighted by Crippen LogP contribution is 2.24. The van der Waals surface area contributed by atoms with E-state index in [1.165, 1.54) is 110 Å². The first-order chi connectivity index (χ1) is 9.95. The molecule has 3 fully saturated rings. The summed E-state index contributed by atoms with van der Waals surface area (Å²) in [4.78, 5) is 0. The van der Waals surface area contributed by atoms with Crippen molar-refractivity contribution in [2.24, 2.45) is 5.92 Å². The molecule has 2 nitrogen and oxygen atoms in total. The minimum Gasteiger partial charge on any atom is -0.255 e. The molecule has 0 unspecified atom stereocenters. The maximum absolute atomic E-state index is 3.69. The van der Waals surface area contributed by atoms with Gasteiger partial charge in [0.25, 0.3) is 0 Å². The largest absolute Gasteiger partial charge is 0.255 e. The van der Waals surface area contributed by atoms with Gasteiger partial charge >= 0.3 is 0 Å². The second-order valence-electron chi connectivity index (χ2n) is 7.02. The highest BCUT2D eigenvalue weighted by molar-refractivity contribution is 4.65. The van der Waals surface area contributed by atoms with E-state index in [1.54, 1.807) is 0 Å². The molecule has 0 aliphatic carbocycles. The third-order valence-electron chi connectivity index (χ3n) is 5.21. The van der Waals surface area contributed by atoms with Crippen LogP contribution in [0.2, 0.25) is 0 Å². The lowest BCUT2D eigenvalue weighted by atomic mass is 9.89. The summed E-state index contributed by atoms with van der Waals surface area (Å²) in [6, 6.07) is 0. The summed E-state index contributed by atoms with van der Waals surface area (Å²) in [7, 11) is 0. The summed E-state index contributed by atoms with van der Waals surface area (Å²) in [6.07, 6.45) is 20.3. The fourth-order valence-corrected chi connectivity index (χ4v) is 3.85. The van der Waals surface area contributed by atoms with Crippen LogP contribution < -0.4 is 5.43 Å². The second-order valence-corrected chi connectivity index (χ2v) is 7.02. The van der Waals surface area contributed by atoms with Gasteiger partial charge in [-0.3, -0.25) is 5.43 Å². The van der Waals surface area contributed by atoms with Crippen molar-refractivity contribution >= 4 is 0 Å². The summed E-state index contributed by atoms with van der Waals surface area (Å²) in [5, 5.41) is 2.53. The van der Waals surface area contributed by atoms with Crippen molar-refractivity contribution in [1.29, 1.82) is 0 Å². The molecule has 3 saturated heterocycles. The summed E-state index contributed by atoms with van der Waals surface area (Å²) in [5.74, 6) is 1.05. The minimum absolute atomic E-state index is 1.05. The van der Waals surface area contributed by atoms with Crippen LogP contribution in [0, 0.1) is 5.92 Å². The van der Waals surface area contributed by atoms with Gasteiger partial charge in [0.2, 0.25) is 0 Å². The predicted octanol–water partition coefficient (Wildman–Crippen LogP) is 4.90. The molecule has 0 aromatic carbocycles. The van der Waals surface area contributed by atoms with Crippen LogP contribution >= 0.6 is 0 Å². The molecule has 0 saturated carbocycles. The molecule has 0 aromatic rings. The second kappa shape index (κ2) is 10.6. The molecule has 2 heteroatoms. The highest BCUT2D eigenvalue weighted by Gasteiger charge is 2.11. The Hall–Kier alpha value is -0.0800. The van der Waals surface area contributed by atoms with Gasteiger partial charge in [0.1, 0.15) is 0 Å². The van der Waals surface area contributed by atoms with Crippen LogP contribution in [0.15, 0.2) is 0 Å². The van der Waals surface area contributed by atoms with Crippen LogP contribution in [-0.4, -0.2) is 24.6 Å². The molecule has 0 atom stereocenters. The van der Waals surface area contributed by atoms with E-state index in [2.05, 4.69) is 10.4 Å². The topological polar surface area (TPSA) is 15.3 Å². The number of fused-ring (bicyclic) bond motifs is 15. The fourth-order valence-electron chi connectivity index (χ4n) is 3.85. The zero-order chi connectivity index (χ0) is 13.9. The van der Waals surface area contributed by atoms with Crippen LogP contribution in [0.25, 0.3) is 0 Å². The average molecular weight is 280 g/mol. The van der Waals surface area contributed by atoms with Crippen LogP contribution in [0.3, 0.4) is 0 Å². The Kier molecular flexibility index (Phi) is 8.65. The lowest BCUT2D eigenvalue weighted by molar-refractivity contribution is 0.175.